The molecule has 0 aliphatic carbocycles. The lowest BCUT2D eigenvalue weighted by Crippen LogP contribution is -2.45. The number of fused-ring (bicyclic) bond motifs is 3. The van der Waals surface area contributed by atoms with Gasteiger partial charge in [-0.25, -0.2) is 0 Å². The number of hydrogen-bond acceptors (Lipinski definition) is 5. The average Bonchev–Trinajstić information content (AvgIpc) is 3.08. The third kappa shape index (κ3) is 2.29. The zero-order chi connectivity index (χ0) is 17.7. The summed E-state index contributed by atoms with van der Waals surface area (Å²) in [4.78, 5) is 40.0. The van der Waals surface area contributed by atoms with Crippen LogP contribution in [0.15, 0.2) is 46.0 Å². The molecule has 3 aliphatic rings. The molecule has 4 unspecified atom stereocenters. The molecule has 0 spiro atoms. The number of likely N-dealkylation sites (tertiary alicyclic amines) is 1. The lowest BCUT2D eigenvalue weighted by atomic mass is 9.86. The average molecular weight is 402 g/mol. The first-order valence-corrected chi connectivity index (χ1v) is 8.98. The summed E-state index contributed by atoms with van der Waals surface area (Å²) >= 11 is 3.35. The molecule has 3 aliphatic heterocycles. The van der Waals surface area contributed by atoms with E-state index in [1.54, 1.807) is 48.5 Å². The van der Waals surface area contributed by atoms with Crippen LogP contribution in [0, 0.1) is 11.8 Å². The predicted molar refractivity (Wildman–Crippen MR) is 94.9 cm³/mol. The quantitative estimate of drug-likeness (QED) is 0.572. The van der Waals surface area contributed by atoms with E-state index in [1.807, 2.05) is 6.08 Å². The lowest BCUT2D eigenvalue weighted by molar-refractivity contribution is -0.141. The monoisotopic (exact) mass is 401 g/mol. The topological polar surface area (TPSA) is 70.1 Å². The third-order valence-corrected chi connectivity index (χ3v) is 5.62. The first-order chi connectivity index (χ1) is 12.0. The third-order valence-electron chi connectivity index (χ3n) is 5.10. The van der Waals surface area contributed by atoms with Gasteiger partial charge in [-0.15, -0.1) is 0 Å². The highest BCUT2D eigenvalue weighted by Gasteiger charge is 2.63. The maximum Gasteiger partial charge on any atom is 0.235 e. The molecule has 6 nitrogen and oxygen atoms in total. The Labute approximate surface area is 153 Å². The van der Waals surface area contributed by atoms with Crippen LogP contribution in [0.2, 0.25) is 0 Å². The van der Waals surface area contributed by atoms with Crippen LogP contribution < -0.4 is 0 Å². The molecule has 1 aromatic carbocycles. The van der Waals surface area contributed by atoms with Crippen molar-refractivity contribution in [3.63, 3.8) is 0 Å². The molecule has 2 fully saturated rings. The molecule has 0 N–H and O–H groups in total. The van der Waals surface area contributed by atoms with Gasteiger partial charge in [0.15, 0.2) is 5.78 Å². The van der Waals surface area contributed by atoms with Gasteiger partial charge in [0.2, 0.25) is 11.8 Å². The van der Waals surface area contributed by atoms with Crippen LogP contribution in [0.5, 0.6) is 0 Å². The van der Waals surface area contributed by atoms with Crippen molar-refractivity contribution in [1.29, 1.82) is 0 Å². The maximum absolute atomic E-state index is 13.2. The second kappa shape index (κ2) is 5.91. The van der Waals surface area contributed by atoms with Crippen molar-refractivity contribution in [3.05, 3.63) is 46.5 Å². The fourth-order valence-corrected chi connectivity index (χ4v) is 4.26. The van der Waals surface area contributed by atoms with Gasteiger partial charge in [0.1, 0.15) is 6.04 Å². The summed E-state index contributed by atoms with van der Waals surface area (Å²) in [5.74, 6) is -1.90. The van der Waals surface area contributed by atoms with Crippen LogP contribution in [-0.2, 0) is 9.59 Å². The van der Waals surface area contributed by atoms with Crippen molar-refractivity contribution in [2.24, 2.45) is 16.9 Å². The number of hydrogen-bond donors (Lipinski definition) is 0. The summed E-state index contributed by atoms with van der Waals surface area (Å²) in [6.45, 7) is 2.10. The van der Waals surface area contributed by atoms with E-state index in [4.69, 9.17) is 0 Å². The Morgan fingerprint density at radius 1 is 1.16 bits per heavy atom. The fraction of sp³-hybridized carbons (Fsp3) is 0.333. The number of carbonyl (C=O) groups excluding carboxylic acids is 3. The van der Waals surface area contributed by atoms with E-state index >= 15 is 0 Å². The van der Waals surface area contributed by atoms with Crippen molar-refractivity contribution in [1.82, 2.24) is 9.91 Å². The van der Waals surface area contributed by atoms with E-state index in [2.05, 4.69) is 21.0 Å². The van der Waals surface area contributed by atoms with Gasteiger partial charge in [-0.05, 0) is 25.1 Å². The molecule has 1 aromatic rings. The zero-order valence-electron chi connectivity index (χ0n) is 13.5. The molecular weight excluding hydrogens is 386 g/mol. The molecule has 3 heterocycles. The Balaban J connectivity index is 1.77. The second-order valence-corrected chi connectivity index (χ2v) is 7.22. The number of Topliss-reactive ketones (excluding diaryl/α,β-unsaturated/α-hetero) is 1. The van der Waals surface area contributed by atoms with E-state index in [9.17, 15) is 14.4 Å². The summed E-state index contributed by atoms with van der Waals surface area (Å²) in [6, 6.07) is 5.90. The van der Waals surface area contributed by atoms with E-state index in [0.29, 0.717) is 12.1 Å². The Kier molecular flexibility index (Phi) is 3.83. The van der Waals surface area contributed by atoms with Crippen LogP contribution in [0.25, 0.3) is 0 Å². The molecule has 0 saturated carbocycles. The van der Waals surface area contributed by atoms with E-state index < -0.39 is 17.9 Å². The van der Waals surface area contributed by atoms with Crippen molar-refractivity contribution in [3.8, 4) is 0 Å². The molecule has 2 amide bonds. The van der Waals surface area contributed by atoms with Gasteiger partial charge in [0, 0.05) is 22.8 Å². The molecule has 4 atom stereocenters. The van der Waals surface area contributed by atoms with Crippen molar-refractivity contribution in [2.75, 3.05) is 6.54 Å². The minimum Gasteiger partial charge on any atom is -0.292 e. The second-order valence-electron chi connectivity index (χ2n) is 6.31. The standard InChI is InChI=1S/C18H16BrN3O3/c1-2-21-17(24)13-12-4-3-9-20-22(12)15(14(13)18(21)25)16(23)10-5-7-11(19)8-6-10/h3-9,12-15H,2H2,1H3. The molecule has 0 bridgehead atoms. The highest BCUT2D eigenvalue weighted by atomic mass is 79.9. The van der Waals surface area contributed by atoms with Crippen LogP contribution in [-0.4, -0.2) is 52.3 Å². The summed E-state index contributed by atoms with van der Waals surface area (Å²) in [5.41, 5.74) is 0.507. The maximum atomic E-state index is 13.2. The van der Waals surface area contributed by atoms with Crippen molar-refractivity contribution >= 4 is 39.7 Å². The van der Waals surface area contributed by atoms with Gasteiger partial charge in [-0.1, -0.05) is 34.1 Å². The van der Waals surface area contributed by atoms with E-state index in [0.717, 1.165) is 4.47 Å². The smallest absolute Gasteiger partial charge is 0.235 e. The number of benzene rings is 1. The van der Waals surface area contributed by atoms with Gasteiger partial charge in [-0.3, -0.25) is 24.3 Å². The number of hydrazone groups is 1. The SMILES string of the molecule is CCN1C(=O)C2C(C1=O)C(C(=O)c1ccc(Br)cc1)N1N=CC=CC21. The van der Waals surface area contributed by atoms with Gasteiger partial charge >= 0.3 is 0 Å². The first-order valence-electron chi connectivity index (χ1n) is 8.18. The van der Waals surface area contributed by atoms with E-state index in [-0.39, 0.29) is 23.6 Å². The Morgan fingerprint density at radius 3 is 2.52 bits per heavy atom. The van der Waals surface area contributed by atoms with Gasteiger partial charge in [0.05, 0.1) is 17.9 Å². The summed E-state index contributed by atoms with van der Waals surface area (Å²) in [7, 11) is 0. The number of carbonyl (C=O) groups is 3. The highest BCUT2D eigenvalue weighted by Crippen LogP contribution is 2.44. The summed E-state index contributed by atoms with van der Waals surface area (Å²) in [5, 5.41) is 5.94. The molecule has 25 heavy (non-hydrogen) atoms. The number of rotatable bonds is 3. The first kappa shape index (κ1) is 16.2. The predicted octanol–water partition coefficient (Wildman–Crippen LogP) is 1.86. The normalized spacial score (nSPS) is 30.0. The number of nitrogens with zero attached hydrogens (tertiary/aromatic N) is 3. The molecule has 0 aromatic heterocycles. The molecule has 7 heteroatoms. The molecular formula is C18H16BrN3O3. The largest absolute Gasteiger partial charge is 0.292 e. The number of amides is 2. The van der Waals surface area contributed by atoms with Gasteiger partial charge < -0.3 is 0 Å². The van der Waals surface area contributed by atoms with Crippen LogP contribution in [0.4, 0.5) is 0 Å². The van der Waals surface area contributed by atoms with Crippen LogP contribution >= 0.6 is 15.9 Å². The van der Waals surface area contributed by atoms with Crippen LogP contribution in [0.3, 0.4) is 0 Å². The molecule has 4 rings (SSSR count). The number of imide groups is 1. The Bertz CT molecular complexity index is 817. The van der Waals surface area contributed by atoms with Crippen LogP contribution in [0.1, 0.15) is 17.3 Å². The molecule has 2 saturated heterocycles. The molecule has 128 valence electrons. The van der Waals surface area contributed by atoms with Crippen molar-refractivity contribution in [2.45, 2.75) is 19.0 Å². The summed E-state index contributed by atoms with van der Waals surface area (Å²) < 4.78 is 0.870. The summed E-state index contributed by atoms with van der Waals surface area (Å²) in [6.07, 6.45) is 5.20. The number of allylic oxidation sites excluding steroid dienone is 1. The van der Waals surface area contributed by atoms with Gasteiger partial charge in [0.25, 0.3) is 0 Å². The van der Waals surface area contributed by atoms with Crippen molar-refractivity contribution < 1.29 is 14.4 Å². The number of halogens is 1. The molecule has 0 radical (unpaired) electrons. The van der Waals surface area contributed by atoms with Gasteiger partial charge in [-0.2, -0.15) is 5.10 Å². The minimum absolute atomic E-state index is 0.184. The highest BCUT2D eigenvalue weighted by molar-refractivity contribution is 9.10. The number of ketones is 1. The Morgan fingerprint density at radius 2 is 1.84 bits per heavy atom. The van der Waals surface area contributed by atoms with E-state index in [1.165, 1.54) is 4.90 Å². The fourth-order valence-electron chi connectivity index (χ4n) is 4.00. The Hall–Kier alpha value is -2.28. The minimum atomic E-state index is -0.759. The zero-order valence-corrected chi connectivity index (χ0v) is 15.1. The lowest BCUT2D eigenvalue weighted by Gasteiger charge is -2.30.